The molecule has 0 aliphatic carbocycles. The summed E-state index contributed by atoms with van der Waals surface area (Å²) in [6, 6.07) is 9.83. The van der Waals surface area contributed by atoms with Crippen molar-refractivity contribution < 1.29 is 32.2 Å². The zero-order chi connectivity index (χ0) is 23.8. The molecule has 4 rings (SSSR count). The molecule has 174 valence electrons. The highest BCUT2D eigenvalue weighted by atomic mass is 32.2. The average Bonchev–Trinajstić information content (AvgIpc) is 3.14. The van der Waals surface area contributed by atoms with E-state index in [0.717, 1.165) is 5.69 Å². The number of anilines is 2. The Labute approximate surface area is 195 Å². The van der Waals surface area contributed by atoms with Crippen LogP contribution in [0.2, 0.25) is 0 Å². The van der Waals surface area contributed by atoms with E-state index in [1.54, 1.807) is 41.3 Å². The van der Waals surface area contributed by atoms with E-state index in [1.807, 2.05) is 0 Å². The summed E-state index contributed by atoms with van der Waals surface area (Å²) < 4.78 is 43.1. The smallest absolute Gasteiger partial charge is 0.338 e. The first kappa shape index (κ1) is 22.9. The third kappa shape index (κ3) is 4.76. The molecule has 0 bridgehead atoms. The van der Waals surface area contributed by atoms with Gasteiger partial charge in [0.15, 0.2) is 11.3 Å². The number of amidine groups is 1. The molecule has 2 aromatic carbocycles. The molecule has 0 spiro atoms. The molecule has 1 amide bonds. The molecule has 2 aliphatic rings. The van der Waals surface area contributed by atoms with Crippen LogP contribution >= 0.6 is 11.8 Å². The summed E-state index contributed by atoms with van der Waals surface area (Å²) in [5.74, 6) is -0.328. The van der Waals surface area contributed by atoms with Crippen LogP contribution in [-0.2, 0) is 19.6 Å². The summed E-state index contributed by atoms with van der Waals surface area (Å²) >= 11 is 1.17. The molecule has 0 aromatic heterocycles. The molecule has 1 unspecified atom stereocenters. The Balaban J connectivity index is 1.45. The highest BCUT2D eigenvalue weighted by molar-refractivity contribution is 8.15. The van der Waals surface area contributed by atoms with Crippen LogP contribution < -0.4 is 19.7 Å². The fourth-order valence-electron chi connectivity index (χ4n) is 3.29. The number of thioether (sulfide) groups is 1. The van der Waals surface area contributed by atoms with Crippen molar-refractivity contribution in [3.05, 3.63) is 42.0 Å². The summed E-state index contributed by atoms with van der Waals surface area (Å²) in [6.45, 7) is 1.76. The zero-order valence-electron chi connectivity index (χ0n) is 18.0. The lowest BCUT2D eigenvalue weighted by Gasteiger charge is -2.22. The molecule has 0 saturated carbocycles. The van der Waals surface area contributed by atoms with Gasteiger partial charge in [-0.3, -0.25) is 4.79 Å². The SMILES string of the molecule is COc1ccc(OC)c(NC(=O)C(C)OC(=O)c2ccc3c(c2)SC2=NS(=O)(=O)CCN23)c1. The first-order chi connectivity index (χ1) is 15.7. The lowest BCUT2D eigenvalue weighted by molar-refractivity contribution is -0.123. The van der Waals surface area contributed by atoms with Crippen LogP contribution in [0.25, 0.3) is 0 Å². The van der Waals surface area contributed by atoms with Crippen molar-refractivity contribution in [3.63, 3.8) is 0 Å². The van der Waals surface area contributed by atoms with Crippen LogP contribution in [0.3, 0.4) is 0 Å². The van der Waals surface area contributed by atoms with Gasteiger partial charge >= 0.3 is 5.97 Å². The number of benzene rings is 2. The number of carbonyl (C=O) groups is 2. The normalized spacial score (nSPS) is 16.7. The third-order valence-corrected chi connectivity index (χ3v) is 7.33. The predicted molar refractivity (Wildman–Crippen MR) is 124 cm³/mol. The topological polar surface area (TPSA) is 124 Å². The number of fused-ring (bicyclic) bond motifs is 3. The molecule has 1 N–H and O–H groups in total. The number of carbonyl (C=O) groups excluding carboxylic acids is 2. The fourth-order valence-corrected chi connectivity index (χ4v) is 5.58. The Kier molecular flexibility index (Phi) is 6.21. The van der Waals surface area contributed by atoms with E-state index in [-0.39, 0.29) is 11.3 Å². The van der Waals surface area contributed by atoms with Gasteiger partial charge in [-0.25, -0.2) is 13.2 Å². The minimum atomic E-state index is -3.47. The van der Waals surface area contributed by atoms with Crippen molar-refractivity contribution in [2.75, 3.05) is 36.7 Å². The van der Waals surface area contributed by atoms with Crippen molar-refractivity contribution in [2.24, 2.45) is 4.40 Å². The molecule has 12 heteroatoms. The fraction of sp³-hybridized carbons (Fsp3) is 0.286. The van der Waals surface area contributed by atoms with Crippen molar-refractivity contribution in [3.8, 4) is 11.5 Å². The quantitative estimate of drug-likeness (QED) is 0.607. The van der Waals surface area contributed by atoms with Gasteiger partial charge in [0.05, 0.1) is 36.9 Å². The van der Waals surface area contributed by atoms with Crippen LogP contribution in [-0.4, -0.2) is 58.1 Å². The van der Waals surface area contributed by atoms with Crippen LogP contribution in [0, 0.1) is 0 Å². The van der Waals surface area contributed by atoms with Crippen molar-refractivity contribution in [2.45, 2.75) is 17.9 Å². The Bertz CT molecular complexity index is 1260. The lowest BCUT2D eigenvalue weighted by atomic mass is 10.2. The van der Waals surface area contributed by atoms with Gasteiger partial charge in [0.1, 0.15) is 11.5 Å². The van der Waals surface area contributed by atoms with E-state index in [2.05, 4.69) is 9.71 Å². The van der Waals surface area contributed by atoms with E-state index in [0.29, 0.717) is 33.8 Å². The molecule has 0 saturated heterocycles. The highest BCUT2D eigenvalue weighted by Crippen LogP contribution is 2.42. The largest absolute Gasteiger partial charge is 0.497 e. The van der Waals surface area contributed by atoms with Crippen molar-refractivity contribution in [1.29, 1.82) is 0 Å². The second kappa shape index (κ2) is 8.94. The average molecular weight is 492 g/mol. The Morgan fingerprint density at radius 3 is 2.67 bits per heavy atom. The number of sulfonamides is 1. The number of ether oxygens (including phenoxy) is 3. The molecule has 33 heavy (non-hydrogen) atoms. The van der Waals surface area contributed by atoms with Gasteiger partial charge in [-0.1, -0.05) is 0 Å². The van der Waals surface area contributed by atoms with E-state index in [1.165, 1.54) is 32.9 Å². The van der Waals surface area contributed by atoms with Crippen molar-refractivity contribution in [1.82, 2.24) is 0 Å². The Morgan fingerprint density at radius 2 is 1.94 bits per heavy atom. The Hall–Kier alpha value is -3.25. The van der Waals surface area contributed by atoms with Crippen molar-refractivity contribution >= 4 is 50.2 Å². The third-order valence-electron chi connectivity index (χ3n) is 5.03. The Morgan fingerprint density at radius 1 is 1.15 bits per heavy atom. The molecule has 0 radical (unpaired) electrons. The van der Waals surface area contributed by atoms with Gasteiger partial charge in [0.25, 0.3) is 15.9 Å². The minimum absolute atomic E-state index is 0.0645. The minimum Gasteiger partial charge on any atom is -0.497 e. The van der Waals surface area contributed by atoms with E-state index in [4.69, 9.17) is 14.2 Å². The summed E-state index contributed by atoms with van der Waals surface area (Å²) in [5, 5.41) is 3.03. The second-order valence-electron chi connectivity index (χ2n) is 7.20. The molecular formula is C21H21N3O7S2. The number of nitrogens with one attached hydrogen (secondary N) is 1. The van der Waals surface area contributed by atoms with Crippen LogP contribution in [0.5, 0.6) is 11.5 Å². The summed E-state index contributed by atoms with van der Waals surface area (Å²) in [5.41, 5.74) is 1.40. The molecule has 1 atom stereocenters. The van der Waals surface area contributed by atoms with E-state index < -0.39 is 28.0 Å². The number of amides is 1. The second-order valence-corrected chi connectivity index (χ2v) is 9.96. The number of hydrogen-bond donors (Lipinski definition) is 1. The van der Waals surface area contributed by atoms with Crippen LogP contribution in [0.1, 0.15) is 17.3 Å². The number of esters is 1. The molecule has 2 heterocycles. The van der Waals surface area contributed by atoms with Gasteiger partial charge in [-0.15, -0.1) is 4.40 Å². The van der Waals surface area contributed by atoms with Gasteiger partial charge in [0.2, 0.25) is 0 Å². The summed E-state index contributed by atoms with van der Waals surface area (Å²) in [4.78, 5) is 27.7. The lowest BCUT2D eigenvalue weighted by Crippen LogP contribution is -2.35. The molecule has 0 fully saturated rings. The number of hydrogen-bond acceptors (Lipinski definition) is 9. The highest BCUT2D eigenvalue weighted by Gasteiger charge is 2.33. The molecule has 10 nitrogen and oxygen atoms in total. The number of methoxy groups -OCH3 is 2. The molecular weight excluding hydrogens is 470 g/mol. The number of nitrogens with zero attached hydrogens (tertiary/aromatic N) is 2. The van der Waals surface area contributed by atoms with Gasteiger partial charge in [-0.2, -0.15) is 0 Å². The maximum atomic E-state index is 12.7. The summed E-state index contributed by atoms with van der Waals surface area (Å²) in [7, 11) is -0.493. The molecule has 2 aliphatic heterocycles. The van der Waals surface area contributed by atoms with E-state index in [9.17, 15) is 18.0 Å². The van der Waals surface area contributed by atoms with Crippen LogP contribution in [0.4, 0.5) is 11.4 Å². The maximum absolute atomic E-state index is 12.7. The molecule has 2 aromatic rings. The summed E-state index contributed by atoms with van der Waals surface area (Å²) in [6.07, 6.45) is -1.09. The maximum Gasteiger partial charge on any atom is 0.338 e. The van der Waals surface area contributed by atoms with E-state index >= 15 is 0 Å². The predicted octanol–water partition coefficient (Wildman–Crippen LogP) is 2.50. The number of rotatable bonds is 6. The van der Waals surface area contributed by atoms with Crippen LogP contribution in [0.15, 0.2) is 45.7 Å². The van der Waals surface area contributed by atoms with Gasteiger partial charge < -0.3 is 24.4 Å². The first-order valence-corrected chi connectivity index (χ1v) is 12.3. The zero-order valence-corrected chi connectivity index (χ0v) is 19.7. The van der Waals surface area contributed by atoms with Gasteiger partial charge in [-0.05, 0) is 49.0 Å². The standard InChI is InChI=1S/C21H21N3O7S2/c1-12(19(25)22-15-11-14(29-2)5-7-17(15)30-3)31-20(26)13-4-6-16-18(10-13)32-21-23-33(27,28)9-8-24(16)21/h4-7,10-12H,8-9H2,1-3H3,(H,22,25). The first-order valence-electron chi connectivity index (χ1n) is 9.86. The monoisotopic (exact) mass is 491 g/mol. The van der Waals surface area contributed by atoms with Gasteiger partial charge in [0, 0.05) is 17.5 Å².